The average Bonchev–Trinajstić information content (AvgIpc) is 2.95. The Morgan fingerprint density at radius 1 is 0.917 bits per heavy atom. The standard InChI is InChI=1S/C22H26N2/c1-16-8-11-18(12-9-16)14-20-22(19-6-4-3-5-7-19)23-21-13-10-17(2)15-24(20)21/h8-13,15,19H,3-7,14H2,1-2H3. The summed E-state index contributed by atoms with van der Waals surface area (Å²) in [6, 6.07) is 13.3. The third-order valence-corrected chi connectivity index (χ3v) is 5.38. The summed E-state index contributed by atoms with van der Waals surface area (Å²) < 4.78 is 2.33. The maximum atomic E-state index is 5.05. The predicted molar refractivity (Wildman–Crippen MR) is 99.7 cm³/mol. The van der Waals surface area contributed by atoms with Crippen LogP contribution in [0.2, 0.25) is 0 Å². The number of aromatic nitrogens is 2. The number of fused-ring (bicyclic) bond motifs is 1. The fraction of sp³-hybridized carbons (Fsp3) is 0.409. The molecule has 2 heterocycles. The summed E-state index contributed by atoms with van der Waals surface area (Å²) in [5.41, 5.74) is 7.83. The first-order valence-corrected chi connectivity index (χ1v) is 9.24. The second-order valence-corrected chi connectivity index (χ2v) is 7.38. The number of nitrogens with zero attached hydrogens (tertiary/aromatic N) is 2. The van der Waals surface area contributed by atoms with Gasteiger partial charge in [0.1, 0.15) is 5.65 Å². The zero-order valence-corrected chi connectivity index (χ0v) is 14.8. The highest BCUT2D eigenvalue weighted by atomic mass is 15.0. The van der Waals surface area contributed by atoms with Crippen LogP contribution in [0.3, 0.4) is 0 Å². The minimum Gasteiger partial charge on any atom is -0.303 e. The highest BCUT2D eigenvalue weighted by Crippen LogP contribution is 2.35. The monoisotopic (exact) mass is 318 g/mol. The van der Waals surface area contributed by atoms with Gasteiger partial charge in [0, 0.05) is 18.5 Å². The van der Waals surface area contributed by atoms with Crippen molar-refractivity contribution >= 4 is 5.65 Å². The summed E-state index contributed by atoms with van der Waals surface area (Å²) in [4.78, 5) is 5.05. The van der Waals surface area contributed by atoms with Crippen LogP contribution in [0.15, 0.2) is 42.6 Å². The minimum absolute atomic E-state index is 0.638. The maximum absolute atomic E-state index is 5.05. The molecule has 0 bridgehead atoms. The molecule has 124 valence electrons. The molecule has 0 N–H and O–H groups in total. The molecule has 2 aromatic heterocycles. The van der Waals surface area contributed by atoms with Crippen LogP contribution in [0.5, 0.6) is 0 Å². The fourth-order valence-corrected chi connectivity index (χ4v) is 4.00. The van der Waals surface area contributed by atoms with E-state index in [0.717, 1.165) is 12.1 Å². The van der Waals surface area contributed by atoms with Crippen LogP contribution in [0.25, 0.3) is 5.65 Å². The van der Waals surface area contributed by atoms with Gasteiger partial charge in [-0.25, -0.2) is 4.98 Å². The Morgan fingerprint density at radius 2 is 1.62 bits per heavy atom. The second-order valence-electron chi connectivity index (χ2n) is 7.38. The summed E-state index contributed by atoms with van der Waals surface area (Å²) >= 11 is 0. The van der Waals surface area contributed by atoms with Crippen molar-refractivity contribution in [1.29, 1.82) is 0 Å². The van der Waals surface area contributed by atoms with Crippen LogP contribution in [-0.4, -0.2) is 9.38 Å². The van der Waals surface area contributed by atoms with Gasteiger partial charge in [-0.3, -0.25) is 0 Å². The molecule has 0 atom stereocenters. The van der Waals surface area contributed by atoms with Crippen molar-refractivity contribution in [3.8, 4) is 0 Å². The zero-order chi connectivity index (χ0) is 16.5. The van der Waals surface area contributed by atoms with E-state index in [1.54, 1.807) is 0 Å². The van der Waals surface area contributed by atoms with E-state index in [4.69, 9.17) is 4.98 Å². The number of pyridine rings is 1. The normalized spacial score (nSPS) is 15.9. The predicted octanol–water partition coefficient (Wildman–Crippen LogP) is 5.59. The Balaban J connectivity index is 1.80. The molecule has 0 radical (unpaired) electrons. The van der Waals surface area contributed by atoms with Crippen molar-refractivity contribution in [3.05, 3.63) is 70.7 Å². The molecule has 24 heavy (non-hydrogen) atoms. The molecule has 1 aliphatic carbocycles. The van der Waals surface area contributed by atoms with Gasteiger partial charge in [-0.05, 0) is 43.9 Å². The zero-order valence-electron chi connectivity index (χ0n) is 14.8. The molecule has 0 saturated heterocycles. The Labute approximate surface area is 144 Å². The van der Waals surface area contributed by atoms with Gasteiger partial charge >= 0.3 is 0 Å². The van der Waals surface area contributed by atoms with E-state index in [1.165, 1.54) is 60.2 Å². The molecule has 3 aromatic rings. The quantitative estimate of drug-likeness (QED) is 0.615. The van der Waals surface area contributed by atoms with Crippen molar-refractivity contribution in [1.82, 2.24) is 9.38 Å². The van der Waals surface area contributed by atoms with Gasteiger partial charge in [0.25, 0.3) is 0 Å². The minimum atomic E-state index is 0.638. The number of aryl methyl sites for hydroxylation is 2. The van der Waals surface area contributed by atoms with Crippen LogP contribution in [0.1, 0.15) is 66.1 Å². The molecule has 2 heteroatoms. The van der Waals surface area contributed by atoms with E-state index >= 15 is 0 Å². The van der Waals surface area contributed by atoms with Gasteiger partial charge in [-0.1, -0.05) is 55.2 Å². The summed E-state index contributed by atoms with van der Waals surface area (Å²) in [7, 11) is 0. The van der Waals surface area contributed by atoms with E-state index in [2.05, 4.69) is 60.8 Å². The Hall–Kier alpha value is -2.09. The van der Waals surface area contributed by atoms with E-state index in [0.29, 0.717) is 5.92 Å². The number of rotatable bonds is 3. The van der Waals surface area contributed by atoms with Gasteiger partial charge in [-0.2, -0.15) is 0 Å². The van der Waals surface area contributed by atoms with E-state index < -0.39 is 0 Å². The van der Waals surface area contributed by atoms with Gasteiger partial charge < -0.3 is 4.40 Å². The van der Waals surface area contributed by atoms with Crippen molar-refractivity contribution in [2.24, 2.45) is 0 Å². The van der Waals surface area contributed by atoms with E-state index in [9.17, 15) is 0 Å². The van der Waals surface area contributed by atoms with Crippen molar-refractivity contribution in [2.45, 2.75) is 58.3 Å². The van der Waals surface area contributed by atoms with Gasteiger partial charge in [-0.15, -0.1) is 0 Å². The lowest BCUT2D eigenvalue weighted by molar-refractivity contribution is 0.436. The van der Waals surface area contributed by atoms with Gasteiger partial charge in [0.2, 0.25) is 0 Å². The highest BCUT2D eigenvalue weighted by Gasteiger charge is 2.23. The molecule has 0 spiro atoms. The first-order chi connectivity index (χ1) is 11.7. The van der Waals surface area contributed by atoms with Crippen molar-refractivity contribution in [2.75, 3.05) is 0 Å². The SMILES string of the molecule is Cc1ccc(Cc2c(C3CCCCC3)nc3ccc(C)cn23)cc1. The molecule has 1 aliphatic rings. The van der Waals surface area contributed by atoms with Crippen molar-refractivity contribution in [3.63, 3.8) is 0 Å². The Bertz CT molecular complexity index is 836. The molecule has 2 nitrogen and oxygen atoms in total. The number of hydrogen-bond donors (Lipinski definition) is 0. The summed E-state index contributed by atoms with van der Waals surface area (Å²) in [5, 5.41) is 0. The third-order valence-electron chi connectivity index (χ3n) is 5.38. The lowest BCUT2D eigenvalue weighted by atomic mass is 9.85. The van der Waals surface area contributed by atoms with Crippen LogP contribution in [-0.2, 0) is 6.42 Å². The molecule has 0 aliphatic heterocycles. The Kier molecular flexibility index (Phi) is 4.13. The van der Waals surface area contributed by atoms with Crippen LogP contribution in [0, 0.1) is 13.8 Å². The number of imidazole rings is 1. The van der Waals surface area contributed by atoms with E-state index in [-0.39, 0.29) is 0 Å². The van der Waals surface area contributed by atoms with Crippen LogP contribution < -0.4 is 0 Å². The molecule has 1 saturated carbocycles. The molecular weight excluding hydrogens is 292 g/mol. The smallest absolute Gasteiger partial charge is 0.137 e. The molecule has 1 aromatic carbocycles. The van der Waals surface area contributed by atoms with Gasteiger partial charge in [0.15, 0.2) is 0 Å². The summed E-state index contributed by atoms with van der Waals surface area (Å²) in [5.74, 6) is 0.638. The molecular formula is C22H26N2. The first-order valence-electron chi connectivity index (χ1n) is 9.24. The lowest BCUT2D eigenvalue weighted by Gasteiger charge is -2.21. The van der Waals surface area contributed by atoms with Crippen molar-refractivity contribution < 1.29 is 0 Å². The molecule has 0 amide bonds. The van der Waals surface area contributed by atoms with E-state index in [1.807, 2.05) is 0 Å². The molecule has 0 unspecified atom stereocenters. The van der Waals surface area contributed by atoms with Crippen LogP contribution in [0.4, 0.5) is 0 Å². The number of hydrogen-bond acceptors (Lipinski definition) is 1. The topological polar surface area (TPSA) is 17.3 Å². The average molecular weight is 318 g/mol. The molecule has 4 rings (SSSR count). The Morgan fingerprint density at radius 3 is 2.38 bits per heavy atom. The first kappa shape index (κ1) is 15.4. The van der Waals surface area contributed by atoms with Gasteiger partial charge in [0.05, 0.1) is 11.4 Å². The fourth-order valence-electron chi connectivity index (χ4n) is 4.00. The maximum Gasteiger partial charge on any atom is 0.137 e. The molecule has 1 fully saturated rings. The highest BCUT2D eigenvalue weighted by molar-refractivity contribution is 5.47. The van der Waals surface area contributed by atoms with Crippen LogP contribution >= 0.6 is 0 Å². The summed E-state index contributed by atoms with van der Waals surface area (Å²) in [6.07, 6.45) is 9.89. The largest absolute Gasteiger partial charge is 0.303 e. The summed E-state index contributed by atoms with van der Waals surface area (Å²) in [6.45, 7) is 4.31. The lowest BCUT2D eigenvalue weighted by Crippen LogP contribution is -2.08. The second kappa shape index (κ2) is 6.43. The number of benzene rings is 1. The third kappa shape index (κ3) is 2.98.